The first-order valence-electron chi connectivity index (χ1n) is 9.61. The molecular formula is C21H26N4O3S2. The lowest BCUT2D eigenvalue weighted by molar-refractivity contribution is 0.414. The minimum atomic E-state index is -3.74. The third-order valence-corrected chi connectivity index (χ3v) is 7.55. The van der Waals surface area contributed by atoms with Crippen molar-refractivity contribution in [3.63, 3.8) is 0 Å². The number of nitrogens with one attached hydrogen (secondary N) is 1. The van der Waals surface area contributed by atoms with Gasteiger partial charge in [0.05, 0.1) is 12.0 Å². The van der Waals surface area contributed by atoms with Crippen molar-refractivity contribution in [3.8, 4) is 5.75 Å². The molecule has 0 saturated carbocycles. The molecule has 160 valence electrons. The number of ether oxygens (including phenoxy) is 1. The van der Waals surface area contributed by atoms with Crippen LogP contribution >= 0.6 is 11.5 Å². The maximum Gasteiger partial charge on any atom is 0.203 e. The number of hydrogen-bond donors (Lipinski definition) is 2. The van der Waals surface area contributed by atoms with Crippen LogP contribution in [0.2, 0.25) is 0 Å². The van der Waals surface area contributed by atoms with Crippen molar-refractivity contribution in [1.82, 2.24) is 9.36 Å². The molecule has 3 rings (SSSR count). The predicted molar refractivity (Wildman–Crippen MR) is 120 cm³/mol. The molecule has 30 heavy (non-hydrogen) atoms. The van der Waals surface area contributed by atoms with Crippen molar-refractivity contribution in [3.05, 3.63) is 65.5 Å². The van der Waals surface area contributed by atoms with Crippen molar-refractivity contribution in [2.24, 2.45) is 5.73 Å². The summed E-state index contributed by atoms with van der Waals surface area (Å²) in [5, 5.41) is 2.43. The van der Waals surface area contributed by atoms with E-state index in [-0.39, 0.29) is 4.90 Å². The van der Waals surface area contributed by atoms with Crippen LogP contribution in [0.3, 0.4) is 0 Å². The second kappa shape index (κ2) is 9.55. The lowest BCUT2D eigenvalue weighted by atomic mass is 10.1. The monoisotopic (exact) mass is 446 g/mol. The predicted octanol–water partition coefficient (Wildman–Crippen LogP) is 3.40. The van der Waals surface area contributed by atoms with Crippen molar-refractivity contribution < 1.29 is 13.2 Å². The Morgan fingerprint density at radius 3 is 2.40 bits per heavy atom. The first kappa shape index (κ1) is 22.2. The molecule has 7 nitrogen and oxygen atoms in total. The van der Waals surface area contributed by atoms with E-state index in [2.05, 4.69) is 14.7 Å². The van der Waals surface area contributed by atoms with Crippen LogP contribution in [0, 0.1) is 6.92 Å². The number of rotatable bonds is 9. The van der Waals surface area contributed by atoms with Gasteiger partial charge in [-0.15, -0.1) is 0 Å². The standard InChI is InChI=1S/C21H26N4O3S2/c1-4-18(22)20(30(26,27)17-11-9-16(28-3)10-12-17)24-21-23-19(25-29-21)13-15-7-5-14(2)6-8-15/h5-12,18,20H,4,13,22H2,1-3H3,(H,23,24,25). The highest BCUT2D eigenvalue weighted by atomic mass is 32.2. The Balaban J connectivity index is 1.81. The second-order valence-electron chi connectivity index (χ2n) is 7.04. The van der Waals surface area contributed by atoms with E-state index in [9.17, 15) is 8.42 Å². The topological polar surface area (TPSA) is 107 Å². The first-order chi connectivity index (χ1) is 14.3. The molecule has 0 amide bonds. The maximum atomic E-state index is 13.2. The van der Waals surface area contributed by atoms with Gasteiger partial charge in [0.2, 0.25) is 15.0 Å². The number of sulfone groups is 1. The molecule has 0 radical (unpaired) electrons. The number of nitrogens with two attached hydrogens (primary N) is 1. The van der Waals surface area contributed by atoms with Gasteiger partial charge in [-0.3, -0.25) is 0 Å². The van der Waals surface area contributed by atoms with Crippen molar-refractivity contribution in [1.29, 1.82) is 0 Å². The van der Waals surface area contributed by atoms with Crippen molar-refractivity contribution in [2.45, 2.75) is 43.0 Å². The normalized spacial score (nSPS) is 13.6. The van der Waals surface area contributed by atoms with Crippen LogP contribution in [-0.4, -0.2) is 36.3 Å². The Bertz CT molecular complexity index is 1060. The summed E-state index contributed by atoms with van der Waals surface area (Å²) in [5.74, 6) is 1.22. The smallest absolute Gasteiger partial charge is 0.203 e. The molecule has 1 aromatic heterocycles. The summed E-state index contributed by atoms with van der Waals surface area (Å²) >= 11 is 1.13. The summed E-state index contributed by atoms with van der Waals surface area (Å²) in [6.45, 7) is 3.89. The maximum absolute atomic E-state index is 13.2. The number of hydrogen-bond acceptors (Lipinski definition) is 8. The molecular weight excluding hydrogens is 420 g/mol. The van der Waals surface area contributed by atoms with E-state index in [0.29, 0.717) is 29.5 Å². The molecule has 0 aliphatic carbocycles. The van der Waals surface area contributed by atoms with Gasteiger partial charge in [-0.05, 0) is 43.2 Å². The lowest BCUT2D eigenvalue weighted by Crippen LogP contribution is -2.45. The van der Waals surface area contributed by atoms with Crippen LogP contribution in [0.15, 0.2) is 53.4 Å². The summed E-state index contributed by atoms with van der Waals surface area (Å²) in [4.78, 5) is 4.65. The van der Waals surface area contributed by atoms with Gasteiger partial charge in [0.1, 0.15) is 11.6 Å². The van der Waals surface area contributed by atoms with Gasteiger partial charge >= 0.3 is 0 Å². The summed E-state index contributed by atoms with van der Waals surface area (Å²) in [6, 6.07) is 13.8. The van der Waals surface area contributed by atoms with E-state index >= 15 is 0 Å². The summed E-state index contributed by atoms with van der Waals surface area (Å²) in [6.07, 6.45) is 1.07. The zero-order chi connectivity index (χ0) is 21.7. The zero-order valence-corrected chi connectivity index (χ0v) is 18.8. The third kappa shape index (κ3) is 5.16. The fourth-order valence-corrected chi connectivity index (χ4v) is 5.36. The van der Waals surface area contributed by atoms with Crippen LogP contribution in [-0.2, 0) is 16.3 Å². The van der Waals surface area contributed by atoms with E-state index < -0.39 is 21.3 Å². The van der Waals surface area contributed by atoms with Gasteiger partial charge in [-0.1, -0.05) is 36.8 Å². The molecule has 0 spiro atoms. The largest absolute Gasteiger partial charge is 0.497 e. The fourth-order valence-electron chi connectivity index (χ4n) is 2.94. The van der Waals surface area contributed by atoms with Crippen LogP contribution in [0.5, 0.6) is 5.75 Å². The molecule has 0 bridgehead atoms. The van der Waals surface area contributed by atoms with Gasteiger partial charge < -0.3 is 15.8 Å². The zero-order valence-electron chi connectivity index (χ0n) is 17.2. The van der Waals surface area contributed by atoms with Crippen LogP contribution in [0.1, 0.15) is 30.3 Å². The molecule has 0 fully saturated rings. The van der Waals surface area contributed by atoms with E-state index in [1.807, 2.05) is 38.1 Å². The number of aryl methyl sites for hydroxylation is 1. The van der Waals surface area contributed by atoms with Crippen molar-refractivity contribution >= 4 is 26.5 Å². The Labute approximate surface area is 181 Å². The van der Waals surface area contributed by atoms with Gasteiger partial charge in [0.25, 0.3) is 0 Å². The molecule has 2 aromatic carbocycles. The van der Waals surface area contributed by atoms with Crippen LogP contribution in [0.4, 0.5) is 5.13 Å². The number of nitrogens with zero attached hydrogens (tertiary/aromatic N) is 2. The molecule has 0 saturated heterocycles. The Kier molecular flexibility index (Phi) is 7.06. The van der Waals surface area contributed by atoms with E-state index in [1.54, 1.807) is 12.1 Å². The minimum absolute atomic E-state index is 0.175. The molecule has 3 aromatic rings. The molecule has 2 atom stereocenters. The highest BCUT2D eigenvalue weighted by Gasteiger charge is 2.33. The summed E-state index contributed by atoms with van der Waals surface area (Å²) in [7, 11) is -2.21. The SMILES string of the molecule is CCC(N)C(Nc1nc(Cc2ccc(C)cc2)ns1)S(=O)(=O)c1ccc(OC)cc1. The second-order valence-corrected chi connectivity index (χ2v) is 9.86. The molecule has 0 aliphatic heterocycles. The average Bonchev–Trinajstić information content (AvgIpc) is 3.20. The third-order valence-electron chi connectivity index (χ3n) is 4.80. The molecule has 1 heterocycles. The molecule has 0 aliphatic rings. The highest BCUT2D eigenvalue weighted by molar-refractivity contribution is 7.92. The fraction of sp³-hybridized carbons (Fsp3) is 0.333. The minimum Gasteiger partial charge on any atom is -0.497 e. The number of benzene rings is 2. The highest BCUT2D eigenvalue weighted by Crippen LogP contribution is 2.24. The number of aromatic nitrogens is 2. The first-order valence-corrected chi connectivity index (χ1v) is 11.9. The molecule has 2 unspecified atom stereocenters. The van der Waals surface area contributed by atoms with Gasteiger partial charge in [0, 0.05) is 24.0 Å². The molecule has 9 heteroatoms. The van der Waals surface area contributed by atoms with Crippen molar-refractivity contribution in [2.75, 3.05) is 12.4 Å². The number of anilines is 1. The number of methoxy groups -OCH3 is 1. The van der Waals surface area contributed by atoms with Gasteiger partial charge in [0.15, 0.2) is 5.37 Å². The van der Waals surface area contributed by atoms with Crippen LogP contribution < -0.4 is 15.8 Å². The quantitative estimate of drug-likeness (QED) is 0.519. The van der Waals surface area contributed by atoms with Gasteiger partial charge in [-0.2, -0.15) is 4.37 Å². The summed E-state index contributed by atoms with van der Waals surface area (Å²) in [5.41, 5.74) is 8.46. The van der Waals surface area contributed by atoms with E-state index in [4.69, 9.17) is 10.5 Å². The van der Waals surface area contributed by atoms with E-state index in [0.717, 1.165) is 17.1 Å². The lowest BCUT2D eigenvalue weighted by Gasteiger charge is -2.24. The molecule has 3 N–H and O–H groups in total. The average molecular weight is 447 g/mol. The van der Waals surface area contributed by atoms with Gasteiger partial charge in [-0.25, -0.2) is 13.4 Å². The Morgan fingerprint density at radius 1 is 1.13 bits per heavy atom. The van der Waals surface area contributed by atoms with Crippen LogP contribution in [0.25, 0.3) is 0 Å². The Hall–Kier alpha value is -2.49. The summed E-state index contributed by atoms with van der Waals surface area (Å²) < 4.78 is 36.0. The Morgan fingerprint density at radius 2 is 1.80 bits per heavy atom. The van der Waals surface area contributed by atoms with E-state index in [1.165, 1.54) is 24.8 Å².